The molecule has 6 N–H and O–H groups in total. The fraction of sp³-hybridized carbons (Fsp3) is 0.567. The van der Waals surface area contributed by atoms with E-state index >= 15 is 0 Å². The number of hydrogen-bond donors (Lipinski definition) is 6. The third kappa shape index (κ3) is 6.92. The molecule has 12 nitrogen and oxygen atoms in total. The molecule has 0 spiro atoms. The van der Waals surface area contributed by atoms with E-state index in [9.17, 15) is 29.1 Å². The van der Waals surface area contributed by atoms with Crippen LogP contribution >= 0.6 is 0 Å². The molecule has 0 unspecified atom stereocenters. The minimum absolute atomic E-state index is 0.0274. The first kappa shape index (κ1) is 31.0. The molecule has 5 amide bonds. The van der Waals surface area contributed by atoms with E-state index < -0.39 is 66.4 Å². The predicted molar refractivity (Wildman–Crippen MR) is 156 cm³/mol. The number of amides is 5. The first-order chi connectivity index (χ1) is 20.0. The molecule has 42 heavy (non-hydrogen) atoms. The fourth-order valence-electron chi connectivity index (χ4n) is 5.71. The highest BCUT2D eigenvalue weighted by atomic mass is 16.3. The van der Waals surface area contributed by atoms with Crippen molar-refractivity contribution in [2.75, 3.05) is 13.2 Å². The summed E-state index contributed by atoms with van der Waals surface area (Å²) in [7, 11) is 0. The molecule has 0 saturated carbocycles. The lowest BCUT2D eigenvalue weighted by Crippen LogP contribution is -2.59. The number of nitrogens with one attached hydrogen (secondary N) is 5. The van der Waals surface area contributed by atoms with Crippen LogP contribution in [-0.4, -0.2) is 87.9 Å². The van der Waals surface area contributed by atoms with Gasteiger partial charge in [0.05, 0.1) is 6.61 Å². The molecule has 3 heterocycles. The Hall–Kier alpha value is -3.93. The lowest BCUT2D eigenvalue weighted by atomic mass is 9.98. The number of carbonyl (C=O) groups excluding carboxylic acids is 5. The molecule has 0 bridgehead atoms. The average Bonchev–Trinajstić information content (AvgIpc) is 3.60. The molecule has 2 aromatic rings. The van der Waals surface area contributed by atoms with Crippen LogP contribution in [0, 0.1) is 11.8 Å². The number of aromatic nitrogens is 1. The van der Waals surface area contributed by atoms with Gasteiger partial charge in [-0.25, -0.2) is 0 Å². The number of nitrogens with zero attached hydrogens (tertiary/aromatic N) is 1. The second-order valence-corrected chi connectivity index (χ2v) is 12.0. The highest BCUT2D eigenvalue weighted by molar-refractivity contribution is 5.98. The number of fused-ring (bicyclic) bond motifs is 2. The predicted octanol–water partition coefficient (Wildman–Crippen LogP) is 0.349. The number of rotatable bonds is 6. The molecule has 2 fully saturated rings. The van der Waals surface area contributed by atoms with Crippen LogP contribution in [0.2, 0.25) is 0 Å². The van der Waals surface area contributed by atoms with Gasteiger partial charge in [0, 0.05) is 30.1 Å². The SMILES string of the molecule is CC(C)C[C@@H]1NC(=O)[C@@H](C(C)C)NC(=O)[C@@H]2CCCN2C(=O)[C@@H](CO)NC(=O)[C@@H](Cc2c[nH]c3ccccc23)NC1=O. The van der Waals surface area contributed by atoms with Crippen molar-refractivity contribution in [2.24, 2.45) is 11.8 Å². The summed E-state index contributed by atoms with van der Waals surface area (Å²) in [5, 5.41) is 22.0. The third-order valence-electron chi connectivity index (χ3n) is 7.95. The summed E-state index contributed by atoms with van der Waals surface area (Å²) in [4.78, 5) is 72.2. The minimum Gasteiger partial charge on any atom is -0.394 e. The number of aliphatic hydroxyl groups is 1. The first-order valence-electron chi connectivity index (χ1n) is 14.7. The van der Waals surface area contributed by atoms with Gasteiger partial charge in [-0.05, 0) is 42.7 Å². The molecule has 5 atom stereocenters. The van der Waals surface area contributed by atoms with E-state index in [4.69, 9.17) is 0 Å². The van der Waals surface area contributed by atoms with Gasteiger partial charge in [0.1, 0.15) is 30.2 Å². The molecule has 4 rings (SSSR count). The summed E-state index contributed by atoms with van der Waals surface area (Å²) in [6.45, 7) is 6.99. The van der Waals surface area contributed by atoms with Crippen molar-refractivity contribution in [2.45, 2.75) is 83.6 Å². The first-order valence-corrected chi connectivity index (χ1v) is 14.7. The van der Waals surface area contributed by atoms with Gasteiger partial charge in [0.2, 0.25) is 29.5 Å². The van der Waals surface area contributed by atoms with Gasteiger partial charge in [-0.2, -0.15) is 0 Å². The molecule has 0 radical (unpaired) electrons. The number of hydrogen-bond acceptors (Lipinski definition) is 6. The average molecular weight is 583 g/mol. The molecule has 2 saturated heterocycles. The largest absolute Gasteiger partial charge is 0.394 e. The Morgan fingerprint density at radius 3 is 2.21 bits per heavy atom. The molecule has 1 aromatic carbocycles. The van der Waals surface area contributed by atoms with Gasteiger partial charge >= 0.3 is 0 Å². The minimum atomic E-state index is -1.31. The smallest absolute Gasteiger partial charge is 0.248 e. The maximum atomic E-state index is 13.7. The molecule has 228 valence electrons. The van der Waals surface area contributed by atoms with E-state index in [1.807, 2.05) is 38.1 Å². The van der Waals surface area contributed by atoms with Gasteiger partial charge in [-0.1, -0.05) is 45.9 Å². The van der Waals surface area contributed by atoms with Crippen LogP contribution in [0.4, 0.5) is 0 Å². The lowest BCUT2D eigenvalue weighted by molar-refractivity contribution is -0.143. The van der Waals surface area contributed by atoms with Gasteiger partial charge in [0.15, 0.2) is 0 Å². The van der Waals surface area contributed by atoms with E-state index in [0.717, 1.165) is 16.5 Å². The molecular weight excluding hydrogens is 540 g/mol. The molecule has 2 aliphatic rings. The van der Waals surface area contributed by atoms with Gasteiger partial charge in [-0.3, -0.25) is 24.0 Å². The van der Waals surface area contributed by atoms with E-state index in [1.54, 1.807) is 20.0 Å². The Bertz CT molecular complexity index is 1320. The Morgan fingerprint density at radius 2 is 1.52 bits per heavy atom. The zero-order chi connectivity index (χ0) is 30.6. The van der Waals surface area contributed by atoms with Crippen molar-refractivity contribution in [3.8, 4) is 0 Å². The number of aliphatic hydroxyl groups excluding tert-OH is 1. The highest BCUT2D eigenvalue weighted by Gasteiger charge is 2.41. The topological polar surface area (TPSA) is 173 Å². The van der Waals surface area contributed by atoms with Crippen LogP contribution in [0.25, 0.3) is 10.9 Å². The number of H-pyrrole nitrogens is 1. The van der Waals surface area contributed by atoms with Crippen LogP contribution in [0.15, 0.2) is 30.5 Å². The fourth-order valence-corrected chi connectivity index (χ4v) is 5.71. The van der Waals surface area contributed by atoms with Gasteiger partial charge < -0.3 is 36.3 Å². The number of carbonyl (C=O) groups is 5. The second kappa shape index (κ2) is 13.4. The Balaban J connectivity index is 1.73. The zero-order valence-electron chi connectivity index (χ0n) is 24.6. The molecule has 0 aliphatic carbocycles. The normalized spacial score (nSPS) is 26.4. The zero-order valence-corrected chi connectivity index (χ0v) is 24.6. The van der Waals surface area contributed by atoms with Crippen LogP contribution in [0.3, 0.4) is 0 Å². The van der Waals surface area contributed by atoms with Crippen molar-refractivity contribution in [3.05, 3.63) is 36.0 Å². The van der Waals surface area contributed by atoms with E-state index in [1.165, 1.54) is 4.90 Å². The molecule has 12 heteroatoms. The van der Waals surface area contributed by atoms with E-state index in [0.29, 0.717) is 19.3 Å². The third-order valence-corrected chi connectivity index (χ3v) is 7.95. The van der Waals surface area contributed by atoms with Crippen molar-refractivity contribution in [3.63, 3.8) is 0 Å². The summed E-state index contributed by atoms with van der Waals surface area (Å²) in [6, 6.07) is 2.35. The Morgan fingerprint density at radius 1 is 0.857 bits per heavy atom. The highest BCUT2D eigenvalue weighted by Crippen LogP contribution is 2.22. The van der Waals surface area contributed by atoms with Crippen LogP contribution in [0.5, 0.6) is 0 Å². The van der Waals surface area contributed by atoms with Crippen molar-refractivity contribution >= 4 is 40.4 Å². The summed E-state index contributed by atoms with van der Waals surface area (Å²) >= 11 is 0. The second-order valence-electron chi connectivity index (χ2n) is 12.0. The van der Waals surface area contributed by atoms with E-state index in [-0.39, 0.29) is 24.8 Å². The monoisotopic (exact) mass is 582 g/mol. The quantitative estimate of drug-likeness (QED) is 0.287. The van der Waals surface area contributed by atoms with Crippen molar-refractivity contribution < 1.29 is 29.1 Å². The molecule has 2 aliphatic heterocycles. The molecular formula is C30H42N6O6. The van der Waals surface area contributed by atoms with Crippen LogP contribution < -0.4 is 21.3 Å². The van der Waals surface area contributed by atoms with Crippen LogP contribution in [0.1, 0.15) is 52.5 Å². The number of aromatic amines is 1. The van der Waals surface area contributed by atoms with Crippen molar-refractivity contribution in [1.29, 1.82) is 0 Å². The van der Waals surface area contributed by atoms with Crippen molar-refractivity contribution in [1.82, 2.24) is 31.2 Å². The number of para-hydroxylation sites is 1. The summed E-state index contributed by atoms with van der Waals surface area (Å²) in [6.07, 6.45) is 3.10. The van der Waals surface area contributed by atoms with Gasteiger partial charge in [0.25, 0.3) is 0 Å². The summed E-state index contributed by atoms with van der Waals surface area (Å²) in [5.74, 6) is -3.11. The Labute approximate surface area is 245 Å². The van der Waals surface area contributed by atoms with E-state index in [2.05, 4.69) is 26.3 Å². The maximum Gasteiger partial charge on any atom is 0.248 e. The molecule has 1 aromatic heterocycles. The standard InChI is InChI=1S/C30H42N6O6/c1-16(2)12-21-26(38)32-22(13-18-14-31-20-9-6-5-8-19(18)20)27(39)34-23(15-37)30(42)36-11-7-10-24(36)28(40)35-25(17(3)4)29(41)33-21/h5-6,8-9,14,16-17,21-25,31,37H,7,10-13,15H2,1-4H3,(H,32,38)(H,33,41)(H,34,39)(H,35,40)/t21-,22+,23+,24-,25+/m0/s1. The maximum absolute atomic E-state index is 13.7. The Kier molecular flexibility index (Phi) is 9.87. The lowest BCUT2D eigenvalue weighted by Gasteiger charge is -2.30. The van der Waals surface area contributed by atoms with Gasteiger partial charge in [-0.15, -0.1) is 0 Å². The summed E-state index contributed by atoms with van der Waals surface area (Å²) in [5.41, 5.74) is 1.64. The van der Waals surface area contributed by atoms with Crippen LogP contribution in [-0.2, 0) is 30.4 Å². The number of benzene rings is 1. The summed E-state index contributed by atoms with van der Waals surface area (Å²) < 4.78 is 0.